The van der Waals surface area contributed by atoms with Crippen LogP contribution in [0, 0.1) is 5.82 Å². The molecule has 1 N–H and O–H groups in total. The highest BCUT2D eigenvalue weighted by atomic mass is 79.9. The number of amides is 2. The van der Waals surface area contributed by atoms with Crippen LogP contribution in [0.3, 0.4) is 0 Å². The lowest BCUT2D eigenvalue weighted by Crippen LogP contribution is -2.41. The fraction of sp³-hybridized carbons (Fsp3) is 0.364. The Labute approximate surface area is 102 Å². The largest absolute Gasteiger partial charge is 0.341 e. The van der Waals surface area contributed by atoms with Gasteiger partial charge in [0, 0.05) is 24.6 Å². The number of fused-ring (bicyclic) bond motifs is 1. The molecule has 0 unspecified atom stereocenters. The highest BCUT2D eigenvalue weighted by molar-refractivity contribution is 9.10. The van der Waals surface area contributed by atoms with E-state index in [1.165, 1.54) is 6.07 Å². The summed E-state index contributed by atoms with van der Waals surface area (Å²) in [5.41, 5.74) is 1.59. The number of hydrogen-bond acceptors (Lipinski definition) is 1. The number of nitrogens with one attached hydrogen (secondary N) is 1. The van der Waals surface area contributed by atoms with Crippen molar-refractivity contribution in [1.29, 1.82) is 0 Å². The lowest BCUT2D eigenvalue weighted by molar-refractivity contribution is 0.194. The molecule has 0 aliphatic carbocycles. The van der Waals surface area contributed by atoms with Gasteiger partial charge in [0.15, 0.2) is 0 Å². The summed E-state index contributed by atoms with van der Waals surface area (Å²) in [5, 5.41) is 2.58. The highest BCUT2D eigenvalue weighted by Crippen LogP contribution is 2.28. The number of carbonyl (C=O) groups is 1. The maximum atomic E-state index is 13.5. The molecule has 0 radical (unpaired) electrons. The maximum Gasteiger partial charge on any atom is 0.317 e. The van der Waals surface area contributed by atoms with Gasteiger partial charge in [0.05, 0.1) is 0 Å². The van der Waals surface area contributed by atoms with E-state index < -0.39 is 0 Å². The normalized spacial score (nSPS) is 14.6. The number of benzene rings is 1. The van der Waals surface area contributed by atoms with Crippen LogP contribution < -0.4 is 5.32 Å². The standard InChI is InChI=1S/C11H12BrFN2O/c1-14-11(16)15-5-4-7-8(6-15)9(12)2-3-10(7)13/h2-3H,4-6H2,1H3,(H,14,16). The third-order valence-electron chi connectivity index (χ3n) is 2.80. The predicted molar refractivity (Wildman–Crippen MR) is 62.7 cm³/mol. The van der Waals surface area contributed by atoms with E-state index in [0.29, 0.717) is 19.5 Å². The van der Waals surface area contributed by atoms with Gasteiger partial charge in [-0.25, -0.2) is 9.18 Å². The number of halogens is 2. The van der Waals surface area contributed by atoms with Gasteiger partial charge < -0.3 is 10.2 Å². The van der Waals surface area contributed by atoms with Crippen LogP contribution >= 0.6 is 15.9 Å². The van der Waals surface area contributed by atoms with Gasteiger partial charge in [0.1, 0.15) is 5.82 Å². The van der Waals surface area contributed by atoms with Crippen LogP contribution in [0.2, 0.25) is 0 Å². The molecule has 0 bridgehead atoms. The van der Waals surface area contributed by atoms with E-state index in [-0.39, 0.29) is 11.8 Å². The second kappa shape index (κ2) is 4.41. The summed E-state index contributed by atoms with van der Waals surface area (Å²) in [6.07, 6.45) is 0.564. The van der Waals surface area contributed by atoms with Crippen molar-refractivity contribution in [3.05, 3.63) is 33.5 Å². The van der Waals surface area contributed by atoms with Gasteiger partial charge in [-0.3, -0.25) is 0 Å². The molecule has 16 heavy (non-hydrogen) atoms. The summed E-state index contributed by atoms with van der Waals surface area (Å²) in [7, 11) is 1.60. The smallest absolute Gasteiger partial charge is 0.317 e. The maximum absolute atomic E-state index is 13.5. The number of hydrogen-bond donors (Lipinski definition) is 1. The topological polar surface area (TPSA) is 32.3 Å². The molecule has 3 nitrogen and oxygen atoms in total. The van der Waals surface area contributed by atoms with Crippen LogP contribution in [0.5, 0.6) is 0 Å². The Kier molecular flexibility index (Phi) is 3.14. The van der Waals surface area contributed by atoms with E-state index in [2.05, 4.69) is 21.2 Å². The van der Waals surface area contributed by atoms with Crippen molar-refractivity contribution in [2.75, 3.05) is 13.6 Å². The first-order valence-electron chi connectivity index (χ1n) is 5.06. The summed E-state index contributed by atoms with van der Waals surface area (Å²) in [6, 6.07) is 3.02. The van der Waals surface area contributed by atoms with Gasteiger partial charge in [0.2, 0.25) is 0 Å². The molecule has 2 rings (SSSR count). The third-order valence-corrected chi connectivity index (χ3v) is 3.54. The second-order valence-corrected chi connectivity index (χ2v) is 4.57. The monoisotopic (exact) mass is 286 g/mol. The Morgan fingerprint density at radius 2 is 2.25 bits per heavy atom. The zero-order chi connectivity index (χ0) is 11.7. The summed E-state index contributed by atoms with van der Waals surface area (Å²) in [4.78, 5) is 13.2. The molecule has 0 fully saturated rings. The summed E-state index contributed by atoms with van der Waals surface area (Å²) in [6.45, 7) is 1.01. The number of carbonyl (C=O) groups excluding carboxylic acids is 1. The molecule has 0 saturated carbocycles. The zero-order valence-electron chi connectivity index (χ0n) is 8.89. The van der Waals surface area contributed by atoms with Crippen LogP contribution in [0.4, 0.5) is 9.18 Å². The number of rotatable bonds is 0. The molecule has 2 amide bonds. The first-order valence-corrected chi connectivity index (χ1v) is 5.85. The van der Waals surface area contributed by atoms with Gasteiger partial charge in [0.25, 0.3) is 0 Å². The molecule has 86 valence electrons. The molecule has 5 heteroatoms. The minimum atomic E-state index is -0.185. The zero-order valence-corrected chi connectivity index (χ0v) is 10.5. The second-order valence-electron chi connectivity index (χ2n) is 3.71. The first-order chi connectivity index (χ1) is 7.63. The van der Waals surface area contributed by atoms with E-state index >= 15 is 0 Å². The van der Waals surface area contributed by atoms with Gasteiger partial charge in [-0.15, -0.1) is 0 Å². The molecule has 1 heterocycles. The molecule has 0 atom stereocenters. The van der Waals surface area contributed by atoms with Crippen LogP contribution in [0.1, 0.15) is 11.1 Å². The van der Waals surface area contributed by atoms with E-state index in [0.717, 1.165) is 15.6 Å². The van der Waals surface area contributed by atoms with Crippen molar-refractivity contribution in [2.45, 2.75) is 13.0 Å². The molecule has 0 saturated heterocycles. The Morgan fingerprint density at radius 1 is 1.50 bits per heavy atom. The summed E-state index contributed by atoms with van der Waals surface area (Å²) in [5.74, 6) is -0.185. The molecule has 1 aromatic carbocycles. The van der Waals surface area contributed by atoms with Gasteiger partial charge in [-0.05, 0) is 29.7 Å². The Balaban J connectivity index is 2.33. The van der Waals surface area contributed by atoms with Gasteiger partial charge in [-0.2, -0.15) is 0 Å². The van der Waals surface area contributed by atoms with Crippen LogP contribution in [0.15, 0.2) is 16.6 Å². The molecule has 0 spiro atoms. The van der Waals surface area contributed by atoms with Crippen molar-refractivity contribution in [1.82, 2.24) is 10.2 Å². The van der Waals surface area contributed by atoms with E-state index in [1.807, 2.05) is 0 Å². The summed E-state index contributed by atoms with van der Waals surface area (Å²) >= 11 is 3.39. The van der Waals surface area contributed by atoms with E-state index in [4.69, 9.17) is 0 Å². The number of urea groups is 1. The average Bonchev–Trinajstić information content (AvgIpc) is 2.32. The predicted octanol–water partition coefficient (Wildman–Crippen LogP) is 2.29. The highest BCUT2D eigenvalue weighted by Gasteiger charge is 2.23. The van der Waals surface area contributed by atoms with Crippen molar-refractivity contribution < 1.29 is 9.18 Å². The molecule has 1 aromatic rings. The Hall–Kier alpha value is -1.10. The minimum absolute atomic E-state index is 0.123. The van der Waals surface area contributed by atoms with Crippen molar-refractivity contribution >= 4 is 22.0 Å². The van der Waals surface area contributed by atoms with Crippen LogP contribution in [-0.4, -0.2) is 24.5 Å². The third kappa shape index (κ3) is 1.91. The lowest BCUT2D eigenvalue weighted by Gasteiger charge is -2.29. The van der Waals surface area contributed by atoms with Gasteiger partial charge in [-0.1, -0.05) is 15.9 Å². The molecular weight excluding hydrogens is 275 g/mol. The molecule has 1 aliphatic heterocycles. The first kappa shape index (κ1) is 11.4. The Morgan fingerprint density at radius 3 is 2.94 bits per heavy atom. The van der Waals surface area contributed by atoms with Crippen LogP contribution in [0.25, 0.3) is 0 Å². The van der Waals surface area contributed by atoms with Gasteiger partial charge >= 0.3 is 6.03 Å². The Bertz CT molecular complexity index is 436. The van der Waals surface area contributed by atoms with E-state index in [9.17, 15) is 9.18 Å². The quantitative estimate of drug-likeness (QED) is 0.780. The average molecular weight is 287 g/mol. The SMILES string of the molecule is CNC(=O)N1CCc2c(F)ccc(Br)c2C1. The lowest BCUT2D eigenvalue weighted by atomic mass is 9.99. The molecule has 1 aliphatic rings. The van der Waals surface area contributed by atoms with Crippen molar-refractivity contribution in [2.24, 2.45) is 0 Å². The van der Waals surface area contributed by atoms with Crippen LogP contribution in [-0.2, 0) is 13.0 Å². The molecule has 0 aromatic heterocycles. The summed E-state index contributed by atoms with van der Waals surface area (Å²) < 4.78 is 14.4. The van der Waals surface area contributed by atoms with Crippen molar-refractivity contribution in [3.63, 3.8) is 0 Å². The number of nitrogens with zero attached hydrogens (tertiary/aromatic N) is 1. The van der Waals surface area contributed by atoms with Crippen molar-refractivity contribution in [3.8, 4) is 0 Å². The minimum Gasteiger partial charge on any atom is -0.341 e. The fourth-order valence-corrected chi connectivity index (χ4v) is 2.42. The van der Waals surface area contributed by atoms with E-state index in [1.54, 1.807) is 18.0 Å². The molecular formula is C11H12BrFN2O. The fourth-order valence-electron chi connectivity index (χ4n) is 1.93.